The molecule has 0 fully saturated rings. The van der Waals surface area contributed by atoms with Gasteiger partial charge in [0.05, 0.1) is 6.21 Å². The summed E-state index contributed by atoms with van der Waals surface area (Å²) in [5, 5.41) is 3.86. The maximum absolute atomic E-state index is 11.5. The van der Waals surface area contributed by atoms with Gasteiger partial charge in [0.15, 0.2) is 6.61 Å². The van der Waals surface area contributed by atoms with Crippen LogP contribution in [0.4, 0.5) is 0 Å². The number of nitrogens with one attached hydrogen (secondary N) is 1. The molecule has 2 rings (SSSR count). The van der Waals surface area contributed by atoms with Gasteiger partial charge < -0.3 is 4.74 Å². The average Bonchev–Trinajstić information content (AvgIpc) is 2.48. The molecule has 0 radical (unpaired) electrons. The number of halogens is 1. The Morgan fingerprint density at radius 2 is 1.85 bits per heavy atom. The molecular weight excluding hydrogens is 320 g/mol. The topological polar surface area (TPSA) is 50.7 Å². The van der Waals surface area contributed by atoms with Crippen molar-refractivity contribution in [3.05, 3.63) is 64.6 Å². The number of amides is 1. The van der Waals surface area contributed by atoms with Gasteiger partial charge in [0.1, 0.15) is 5.75 Å². The number of carbonyl (C=O) groups excluding carboxylic acids is 1. The normalized spacial score (nSPS) is 10.4. The minimum atomic E-state index is -0.305. The van der Waals surface area contributed by atoms with Crippen LogP contribution in [-0.2, 0) is 4.79 Å². The van der Waals surface area contributed by atoms with Gasteiger partial charge >= 0.3 is 0 Å². The van der Waals surface area contributed by atoms with Gasteiger partial charge in [0, 0.05) is 4.47 Å². The third-order valence-electron chi connectivity index (χ3n) is 2.39. The Labute approximate surface area is 125 Å². The van der Waals surface area contributed by atoms with E-state index in [1.165, 1.54) is 0 Å². The van der Waals surface area contributed by atoms with E-state index < -0.39 is 0 Å². The zero-order chi connectivity index (χ0) is 14.2. The summed E-state index contributed by atoms with van der Waals surface area (Å²) < 4.78 is 6.28. The summed E-state index contributed by atoms with van der Waals surface area (Å²) in [5.41, 5.74) is 3.33. The monoisotopic (exact) mass is 332 g/mol. The number of hydrogen-bond donors (Lipinski definition) is 1. The number of nitrogens with zero attached hydrogens (tertiary/aromatic N) is 1. The summed E-state index contributed by atoms with van der Waals surface area (Å²) in [4.78, 5) is 11.5. The predicted octanol–water partition coefficient (Wildman–Crippen LogP) is 2.98. The summed E-state index contributed by atoms with van der Waals surface area (Å²) >= 11 is 3.33. The van der Waals surface area contributed by atoms with Crippen LogP contribution in [0.15, 0.2) is 64.2 Å². The van der Waals surface area contributed by atoms with Gasteiger partial charge in [-0.15, -0.1) is 0 Å². The van der Waals surface area contributed by atoms with Crippen molar-refractivity contribution in [2.24, 2.45) is 5.10 Å². The first-order valence-electron chi connectivity index (χ1n) is 5.99. The summed E-state index contributed by atoms with van der Waals surface area (Å²) in [6.45, 7) is -0.0756. The summed E-state index contributed by atoms with van der Waals surface area (Å²) in [7, 11) is 0. The van der Waals surface area contributed by atoms with Gasteiger partial charge in [-0.3, -0.25) is 4.79 Å². The lowest BCUT2D eigenvalue weighted by molar-refractivity contribution is -0.123. The summed E-state index contributed by atoms with van der Waals surface area (Å²) in [6, 6.07) is 16.8. The molecule has 0 aromatic heterocycles. The first kappa shape index (κ1) is 14.3. The minimum Gasteiger partial charge on any atom is -0.484 e. The zero-order valence-corrected chi connectivity index (χ0v) is 12.2. The van der Waals surface area contributed by atoms with Crippen LogP contribution in [0.5, 0.6) is 5.75 Å². The second kappa shape index (κ2) is 7.45. The van der Waals surface area contributed by atoms with Crippen LogP contribution in [-0.4, -0.2) is 18.7 Å². The molecule has 2 aromatic carbocycles. The lowest BCUT2D eigenvalue weighted by Crippen LogP contribution is -2.24. The van der Waals surface area contributed by atoms with Gasteiger partial charge in [-0.2, -0.15) is 5.10 Å². The molecule has 20 heavy (non-hydrogen) atoms. The van der Waals surface area contributed by atoms with Crippen molar-refractivity contribution in [3.8, 4) is 5.75 Å². The zero-order valence-electron chi connectivity index (χ0n) is 10.6. The van der Waals surface area contributed by atoms with E-state index >= 15 is 0 Å². The number of hydrazone groups is 1. The molecule has 2 aromatic rings. The first-order valence-corrected chi connectivity index (χ1v) is 6.78. The molecule has 0 atom stereocenters. The second-order valence-corrected chi connectivity index (χ2v) is 4.86. The molecule has 4 nitrogen and oxygen atoms in total. The first-order chi connectivity index (χ1) is 9.74. The van der Waals surface area contributed by atoms with Crippen LogP contribution >= 0.6 is 15.9 Å². The Balaban J connectivity index is 1.76. The highest BCUT2D eigenvalue weighted by Gasteiger charge is 2.00. The van der Waals surface area contributed by atoms with E-state index in [1.54, 1.807) is 18.3 Å². The molecule has 0 saturated heterocycles. The highest BCUT2D eigenvalue weighted by molar-refractivity contribution is 9.10. The quantitative estimate of drug-likeness (QED) is 0.676. The van der Waals surface area contributed by atoms with Crippen molar-refractivity contribution in [1.29, 1.82) is 0 Å². The molecular formula is C15H13BrN2O2. The lowest BCUT2D eigenvalue weighted by Gasteiger charge is -2.04. The highest BCUT2D eigenvalue weighted by atomic mass is 79.9. The number of hydrogen-bond acceptors (Lipinski definition) is 3. The van der Waals surface area contributed by atoms with Crippen molar-refractivity contribution in [3.63, 3.8) is 0 Å². The van der Waals surface area contributed by atoms with Crippen molar-refractivity contribution < 1.29 is 9.53 Å². The minimum absolute atomic E-state index is 0.0756. The Morgan fingerprint density at radius 1 is 1.15 bits per heavy atom. The molecule has 0 aliphatic heterocycles. The maximum Gasteiger partial charge on any atom is 0.277 e. The van der Waals surface area contributed by atoms with Crippen LogP contribution in [0.1, 0.15) is 5.56 Å². The Bertz CT molecular complexity index is 583. The number of ether oxygens (including phenoxy) is 1. The fourth-order valence-electron chi connectivity index (χ4n) is 1.43. The van der Waals surface area contributed by atoms with E-state index in [2.05, 4.69) is 26.5 Å². The molecule has 0 aliphatic rings. The van der Waals surface area contributed by atoms with Crippen molar-refractivity contribution >= 4 is 28.1 Å². The van der Waals surface area contributed by atoms with E-state index in [4.69, 9.17) is 4.74 Å². The Kier molecular flexibility index (Phi) is 5.32. The van der Waals surface area contributed by atoms with Gasteiger partial charge in [-0.05, 0) is 29.8 Å². The van der Waals surface area contributed by atoms with Crippen molar-refractivity contribution in [2.75, 3.05) is 6.61 Å². The van der Waals surface area contributed by atoms with Crippen LogP contribution in [0.25, 0.3) is 0 Å². The number of carbonyl (C=O) groups is 1. The number of benzene rings is 2. The molecule has 0 aliphatic carbocycles. The van der Waals surface area contributed by atoms with Gasteiger partial charge in [-0.25, -0.2) is 5.43 Å². The van der Waals surface area contributed by atoms with Gasteiger partial charge in [-0.1, -0.05) is 46.3 Å². The molecule has 0 unspecified atom stereocenters. The van der Waals surface area contributed by atoms with Crippen LogP contribution in [0.2, 0.25) is 0 Å². The van der Waals surface area contributed by atoms with E-state index in [-0.39, 0.29) is 12.5 Å². The molecule has 5 heteroatoms. The lowest BCUT2D eigenvalue weighted by atomic mass is 10.2. The van der Waals surface area contributed by atoms with Crippen LogP contribution in [0, 0.1) is 0 Å². The van der Waals surface area contributed by atoms with Gasteiger partial charge in [0.25, 0.3) is 5.91 Å². The molecule has 1 amide bonds. The molecule has 0 heterocycles. The molecule has 0 saturated carbocycles. The molecule has 0 bridgehead atoms. The van der Waals surface area contributed by atoms with E-state index in [1.807, 2.05) is 42.5 Å². The fraction of sp³-hybridized carbons (Fsp3) is 0.0667. The van der Waals surface area contributed by atoms with Gasteiger partial charge in [0.2, 0.25) is 0 Å². The van der Waals surface area contributed by atoms with E-state index in [0.29, 0.717) is 5.75 Å². The largest absolute Gasteiger partial charge is 0.484 e. The highest BCUT2D eigenvalue weighted by Crippen LogP contribution is 2.15. The Hall–Kier alpha value is -2.14. The smallest absolute Gasteiger partial charge is 0.277 e. The summed E-state index contributed by atoms with van der Waals surface area (Å²) in [5.74, 6) is 0.329. The van der Waals surface area contributed by atoms with Crippen molar-refractivity contribution in [2.45, 2.75) is 0 Å². The second-order valence-electron chi connectivity index (χ2n) is 3.95. The summed E-state index contributed by atoms with van der Waals surface area (Å²) in [6.07, 6.45) is 1.58. The van der Waals surface area contributed by atoms with Crippen molar-refractivity contribution in [1.82, 2.24) is 5.43 Å². The van der Waals surface area contributed by atoms with Crippen LogP contribution in [0.3, 0.4) is 0 Å². The maximum atomic E-state index is 11.5. The Morgan fingerprint density at radius 3 is 2.55 bits per heavy atom. The molecule has 102 valence electrons. The third-order valence-corrected chi connectivity index (χ3v) is 2.91. The SMILES string of the molecule is O=C(COc1ccc(Br)cc1)N/N=C\c1ccccc1. The predicted molar refractivity (Wildman–Crippen MR) is 81.8 cm³/mol. The third kappa shape index (κ3) is 4.85. The van der Waals surface area contributed by atoms with E-state index in [0.717, 1.165) is 10.0 Å². The van der Waals surface area contributed by atoms with Crippen LogP contribution < -0.4 is 10.2 Å². The van der Waals surface area contributed by atoms with E-state index in [9.17, 15) is 4.79 Å². The average molecular weight is 333 g/mol. The fourth-order valence-corrected chi connectivity index (χ4v) is 1.69. The standard InChI is InChI=1S/C15H13BrN2O2/c16-13-6-8-14(9-7-13)20-11-15(19)18-17-10-12-4-2-1-3-5-12/h1-10H,11H2,(H,18,19)/b17-10-. The molecule has 0 spiro atoms. The number of rotatable bonds is 5. The molecule has 1 N–H and O–H groups in total.